The van der Waals surface area contributed by atoms with Crippen molar-refractivity contribution in [2.75, 3.05) is 19.6 Å². The van der Waals surface area contributed by atoms with Gasteiger partial charge in [-0.2, -0.15) is 4.31 Å². The average Bonchev–Trinajstić information content (AvgIpc) is 2.38. The molecule has 0 bridgehead atoms. The first kappa shape index (κ1) is 18.3. The van der Waals surface area contributed by atoms with Gasteiger partial charge in [0.05, 0.1) is 9.79 Å². The van der Waals surface area contributed by atoms with Crippen LogP contribution in [0.25, 0.3) is 0 Å². The molecule has 1 aromatic rings. The molecular formula is C11H18ClN3O4S2. The quantitative estimate of drug-likeness (QED) is 0.776. The molecule has 1 aliphatic rings. The van der Waals surface area contributed by atoms with Crippen molar-refractivity contribution in [1.29, 1.82) is 0 Å². The molecule has 0 unspecified atom stereocenters. The fourth-order valence-electron chi connectivity index (χ4n) is 2.08. The zero-order valence-corrected chi connectivity index (χ0v) is 13.8. The maximum Gasteiger partial charge on any atom is 0.243 e. The van der Waals surface area contributed by atoms with Crippen molar-refractivity contribution in [2.45, 2.75) is 22.8 Å². The van der Waals surface area contributed by atoms with E-state index in [2.05, 4.69) is 5.32 Å². The lowest BCUT2D eigenvalue weighted by Gasteiger charge is -2.31. The Labute approximate surface area is 131 Å². The number of rotatable bonds is 3. The summed E-state index contributed by atoms with van der Waals surface area (Å²) in [6, 6.07) is 5.17. The van der Waals surface area contributed by atoms with Gasteiger partial charge in [-0.15, -0.1) is 12.4 Å². The predicted molar refractivity (Wildman–Crippen MR) is 81.3 cm³/mol. The highest BCUT2D eigenvalue weighted by molar-refractivity contribution is 7.90. The first-order chi connectivity index (χ1) is 9.21. The van der Waals surface area contributed by atoms with Crippen LogP contribution in [0.15, 0.2) is 34.1 Å². The first-order valence-corrected chi connectivity index (χ1v) is 9.06. The summed E-state index contributed by atoms with van der Waals surface area (Å²) in [7, 11) is -7.63. The van der Waals surface area contributed by atoms with Gasteiger partial charge < -0.3 is 5.32 Å². The van der Waals surface area contributed by atoms with Crippen molar-refractivity contribution < 1.29 is 16.8 Å². The van der Waals surface area contributed by atoms with Gasteiger partial charge in [-0.05, 0) is 25.1 Å². The van der Waals surface area contributed by atoms with Crippen molar-refractivity contribution in [3.8, 4) is 0 Å². The maximum absolute atomic E-state index is 12.5. The van der Waals surface area contributed by atoms with E-state index >= 15 is 0 Å². The third-order valence-corrected chi connectivity index (χ3v) is 5.88. The zero-order chi connectivity index (χ0) is 15.0. The summed E-state index contributed by atoms with van der Waals surface area (Å²) in [6.07, 6.45) is 0. The molecule has 1 saturated heterocycles. The molecule has 21 heavy (non-hydrogen) atoms. The molecule has 10 heteroatoms. The third kappa shape index (κ3) is 4.15. The number of hydrogen-bond donors (Lipinski definition) is 2. The van der Waals surface area contributed by atoms with E-state index in [4.69, 9.17) is 5.14 Å². The van der Waals surface area contributed by atoms with Crippen molar-refractivity contribution in [3.05, 3.63) is 24.3 Å². The Morgan fingerprint density at radius 1 is 1.24 bits per heavy atom. The molecule has 1 aliphatic heterocycles. The summed E-state index contributed by atoms with van der Waals surface area (Å²) in [6.45, 7) is 3.16. The lowest BCUT2D eigenvalue weighted by Crippen LogP contribution is -2.51. The second-order valence-corrected chi connectivity index (χ2v) is 8.24. The molecule has 1 atom stereocenters. The molecule has 120 valence electrons. The van der Waals surface area contributed by atoms with E-state index in [0.717, 1.165) is 6.07 Å². The highest BCUT2D eigenvalue weighted by atomic mass is 35.5. The van der Waals surface area contributed by atoms with Gasteiger partial charge in [-0.3, -0.25) is 0 Å². The fraction of sp³-hybridized carbons (Fsp3) is 0.455. The number of piperazine rings is 1. The number of nitrogens with two attached hydrogens (primary N) is 1. The Morgan fingerprint density at radius 2 is 1.86 bits per heavy atom. The van der Waals surface area contributed by atoms with E-state index in [0.29, 0.717) is 19.6 Å². The van der Waals surface area contributed by atoms with Crippen molar-refractivity contribution in [2.24, 2.45) is 5.14 Å². The van der Waals surface area contributed by atoms with Crippen molar-refractivity contribution in [3.63, 3.8) is 0 Å². The fourth-order valence-corrected chi connectivity index (χ4v) is 4.29. The summed E-state index contributed by atoms with van der Waals surface area (Å²) in [5, 5.41) is 8.17. The molecule has 1 fully saturated rings. The van der Waals surface area contributed by atoms with Gasteiger partial charge in [0.1, 0.15) is 0 Å². The van der Waals surface area contributed by atoms with Crippen LogP contribution in [0, 0.1) is 0 Å². The minimum Gasteiger partial charge on any atom is -0.312 e. The normalized spacial score (nSPS) is 20.8. The molecule has 0 aliphatic carbocycles. The highest BCUT2D eigenvalue weighted by Crippen LogP contribution is 2.20. The summed E-state index contributed by atoms with van der Waals surface area (Å²) in [5.74, 6) is 0. The minimum absolute atomic E-state index is 0. The van der Waals surface area contributed by atoms with Gasteiger partial charge in [0, 0.05) is 25.7 Å². The molecule has 0 radical (unpaired) electrons. The second-order valence-electron chi connectivity index (χ2n) is 4.74. The van der Waals surface area contributed by atoms with Gasteiger partial charge in [-0.1, -0.05) is 6.07 Å². The molecule has 3 N–H and O–H groups in total. The van der Waals surface area contributed by atoms with E-state index in [1.165, 1.54) is 22.5 Å². The third-order valence-electron chi connectivity index (χ3n) is 3.10. The molecule has 7 nitrogen and oxygen atoms in total. The van der Waals surface area contributed by atoms with Crippen molar-refractivity contribution in [1.82, 2.24) is 9.62 Å². The number of nitrogens with one attached hydrogen (secondary N) is 1. The van der Waals surface area contributed by atoms with E-state index in [1.807, 2.05) is 6.92 Å². The molecule has 0 saturated carbocycles. The standard InChI is InChI=1S/C11H17N3O4S2.ClH/c1-9-8-14(6-5-13-9)20(17,18)11-4-2-3-10(7-11)19(12,15)16;/h2-4,7,9,13H,5-6,8H2,1H3,(H2,12,15,16);1H/t9-;/m0./s1. The largest absolute Gasteiger partial charge is 0.312 e. The van der Waals surface area contributed by atoms with E-state index in [9.17, 15) is 16.8 Å². The lowest BCUT2D eigenvalue weighted by molar-refractivity contribution is 0.310. The van der Waals surface area contributed by atoms with Gasteiger partial charge >= 0.3 is 0 Å². The Bertz CT molecular complexity index is 706. The maximum atomic E-state index is 12.5. The first-order valence-electron chi connectivity index (χ1n) is 6.07. The Hall–Kier alpha value is -0.710. The monoisotopic (exact) mass is 355 g/mol. The predicted octanol–water partition coefficient (Wildman–Crippen LogP) is -0.262. The SMILES string of the molecule is C[C@H]1CN(S(=O)(=O)c2cccc(S(N)(=O)=O)c2)CCN1.Cl. The van der Waals surface area contributed by atoms with Crippen LogP contribution in [-0.4, -0.2) is 46.8 Å². The van der Waals surface area contributed by atoms with E-state index in [-0.39, 0.29) is 28.2 Å². The molecular weight excluding hydrogens is 338 g/mol. The number of halogens is 1. The number of benzene rings is 1. The summed E-state index contributed by atoms with van der Waals surface area (Å²) >= 11 is 0. The molecule has 1 aromatic carbocycles. The van der Waals surface area contributed by atoms with Crippen LogP contribution >= 0.6 is 12.4 Å². The van der Waals surface area contributed by atoms with Crippen LogP contribution in [0.3, 0.4) is 0 Å². The number of sulfonamides is 2. The Kier molecular flexibility index (Phi) is 5.76. The summed E-state index contributed by atoms with van der Waals surface area (Å²) < 4.78 is 48.9. The summed E-state index contributed by atoms with van der Waals surface area (Å²) in [4.78, 5) is -0.264. The number of hydrogen-bond acceptors (Lipinski definition) is 5. The second kappa shape index (κ2) is 6.59. The van der Waals surface area contributed by atoms with Gasteiger partial charge in [0.2, 0.25) is 20.0 Å². The van der Waals surface area contributed by atoms with Crippen molar-refractivity contribution >= 4 is 32.5 Å². The van der Waals surface area contributed by atoms with Crippen LogP contribution in [0.1, 0.15) is 6.92 Å². The van der Waals surface area contributed by atoms with Crippen LogP contribution in [0.2, 0.25) is 0 Å². The lowest BCUT2D eigenvalue weighted by atomic mass is 10.3. The smallest absolute Gasteiger partial charge is 0.243 e. The minimum atomic E-state index is -3.92. The molecule has 0 aromatic heterocycles. The van der Waals surface area contributed by atoms with Gasteiger partial charge in [0.15, 0.2) is 0 Å². The van der Waals surface area contributed by atoms with E-state index in [1.54, 1.807) is 0 Å². The molecule has 0 spiro atoms. The molecule has 1 heterocycles. The Balaban J connectivity index is 0.00000220. The highest BCUT2D eigenvalue weighted by Gasteiger charge is 2.29. The summed E-state index contributed by atoms with van der Waals surface area (Å²) in [5.41, 5.74) is 0. The van der Waals surface area contributed by atoms with Crippen LogP contribution in [0.5, 0.6) is 0 Å². The molecule has 0 amide bonds. The topological polar surface area (TPSA) is 110 Å². The zero-order valence-electron chi connectivity index (χ0n) is 11.4. The van der Waals surface area contributed by atoms with Crippen LogP contribution in [0.4, 0.5) is 0 Å². The Morgan fingerprint density at radius 3 is 2.43 bits per heavy atom. The van der Waals surface area contributed by atoms with Crippen LogP contribution in [-0.2, 0) is 20.0 Å². The average molecular weight is 356 g/mol. The molecule has 2 rings (SSSR count). The van der Waals surface area contributed by atoms with E-state index < -0.39 is 20.0 Å². The van der Waals surface area contributed by atoms with Crippen LogP contribution < -0.4 is 10.5 Å². The van der Waals surface area contributed by atoms with Gasteiger partial charge in [0.25, 0.3) is 0 Å². The van der Waals surface area contributed by atoms with Gasteiger partial charge in [-0.25, -0.2) is 22.0 Å². The number of nitrogens with zero attached hydrogens (tertiary/aromatic N) is 1. The number of primary sulfonamides is 1.